The van der Waals surface area contributed by atoms with Crippen LogP contribution in [0.15, 0.2) is 36.0 Å². The molecule has 0 aromatic carbocycles. The van der Waals surface area contributed by atoms with Gasteiger partial charge in [0, 0.05) is 0 Å². The van der Waals surface area contributed by atoms with E-state index < -0.39 is 0 Å². The highest BCUT2D eigenvalue weighted by Gasteiger charge is 1.99. The van der Waals surface area contributed by atoms with Crippen LogP contribution in [0.5, 0.6) is 0 Å². The van der Waals surface area contributed by atoms with E-state index in [1.165, 1.54) is 0 Å². The van der Waals surface area contributed by atoms with Gasteiger partial charge in [0.05, 0.1) is 17.6 Å². The lowest BCUT2D eigenvalue weighted by Gasteiger charge is -1.90. The van der Waals surface area contributed by atoms with Gasteiger partial charge in [-0.1, -0.05) is 18.2 Å². The van der Waals surface area contributed by atoms with E-state index in [9.17, 15) is 4.79 Å². The summed E-state index contributed by atoms with van der Waals surface area (Å²) in [6, 6.07) is 2.00. The van der Waals surface area contributed by atoms with Crippen molar-refractivity contribution in [2.75, 3.05) is 0 Å². The van der Waals surface area contributed by atoms with Crippen molar-refractivity contribution in [1.82, 2.24) is 0 Å². The monoisotopic (exact) mass is 145 g/mol. The number of carbonyl (C=O) groups is 1. The first kappa shape index (κ1) is 7.49. The van der Waals surface area contributed by atoms with Crippen molar-refractivity contribution >= 4 is 6.29 Å². The highest BCUT2D eigenvalue weighted by molar-refractivity contribution is 5.61. The molecule has 0 aromatic rings. The van der Waals surface area contributed by atoms with Crippen molar-refractivity contribution in [3.63, 3.8) is 0 Å². The van der Waals surface area contributed by atoms with Crippen LogP contribution < -0.4 is 0 Å². The number of nitriles is 1. The van der Waals surface area contributed by atoms with E-state index in [0.717, 1.165) is 6.29 Å². The number of rotatable bonds is 1. The van der Waals surface area contributed by atoms with Crippen molar-refractivity contribution in [2.45, 2.75) is 0 Å². The largest absolute Gasteiger partial charge is 0.302 e. The molecule has 1 atom stereocenters. The Balaban J connectivity index is 2.84. The van der Waals surface area contributed by atoms with Gasteiger partial charge in [0.1, 0.15) is 6.29 Å². The number of aldehydes is 1. The summed E-state index contributed by atoms with van der Waals surface area (Å²) in [5.41, 5.74) is 0.575. The quantitative estimate of drug-likeness (QED) is 0.523. The third-order valence-corrected chi connectivity index (χ3v) is 1.39. The average molecular weight is 145 g/mol. The normalized spacial score (nSPS) is 21.7. The zero-order chi connectivity index (χ0) is 8.10. The molecular weight excluding hydrogens is 138 g/mol. The van der Waals surface area contributed by atoms with E-state index in [1.807, 2.05) is 6.07 Å². The van der Waals surface area contributed by atoms with E-state index in [2.05, 4.69) is 0 Å². The maximum atomic E-state index is 10.3. The second-order valence-electron chi connectivity index (χ2n) is 2.19. The fourth-order valence-electron chi connectivity index (χ4n) is 0.787. The number of allylic oxidation sites excluding steroid dienone is 6. The van der Waals surface area contributed by atoms with Gasteiger partial charge >= 0.3 is 0 Å². The zero-order valence-corrected chi connectivity index (χ0v) is 5.90. The minimum Gasteiger partial charge on any atom is -0.302 e. The van der Waals surface area contributed by atoms with Gasteiger partial charge in [0.25, 0.3) is 0 Å². The Morgan fingerprint density at radius 3 is 3.00 bits per heavy atom. The molecule has 0 spiro atoms. The van der Waals surface area contributed by atoms with Crippen molar-refractivity contribution in [3.8, 4) is 6.07 Å². The lowest BCUT2D eigenvalue weighted by atomic mass is 10.1. The molecule has 54 valence electrons. The maximum absolute atomic E-state index is 10.3. The van der Waals surface area contributed by atoms with Gasteiger partial charge in [-0.25, -0.2) is 0 Å². The van der Waals surface area contributed by atoms with E-state index >= 15 is 0 Å². The molecule has 2 nitrogen and oxygen atoms in total. The molecule has 0 N–H and O–H groups in total. The summed E-state index contributed by atoms with van der Waals surface area (Å²) in [7, 11) is 0. The van der Waals surface area contributed by atoms with E-state index in [4.69, 9.17) is 5.26 Å². The van der Waals surface area contributed by atoms with Gasteiger partial charge in [-0.3, -0.25) is 0 Å². The Labute approximate surface area is 65.1 Å². The topological polar surface area (TPSA) is 40.9 Å². The number of nitrogens with zero attached hydrogens (tertiary/aromatic N) is 1. The number of carbonyl (C=O) groups excluding carboxylic acids is 1. The molecule has 2 heteroatoms. The van der Waals surface area contributed by atoms with E-state index in [0.29, 0.717) is 5.57 Å². The summed E-state index contributed by atoms with van der Waals surface area (Å²) in [6.07, 6.45) is 9.33. The second kappa shape index (κ2) is 3.52. The first-order valence-electron chi connectivity index (χ1n) is 3.29. The van der Waals surface area contributed by atoms with Crippen LogP contribution in [0.25, 0.3) is 0 Å². The molecule has 0 radical (unpaired) electrons. The third kappa shape index (κ3) is 1.91. The van der Waals surface area contributed by atoms with Gasteiger partial charge in [-0.05, 0) is 12.2 Å². The molecule has 1 unspecified atom stereocenters. The molecule has 11 heavy (non-hydrogen) atoms. The predicted octanol–water partition coefficient (Wildman–Crippen LogP) is 1.38. The summed E-state index contributed by atoms with van der Waals surface area (Å²) < 4.78 is 0. The summed E-state index contributed by atoms with van der Waals surface area (Å²) in [5.74, 6) is -0.183. The molecule has 0 aliphatic heterocycles. The van der Waals surface area contributed by atoms with Crippen LogP contribution in [0.4, 0.5) is 0 Å². The van der Waals surface area contributed by atoms with Crippen LogP contribution >= 0.6 is 0 Å². The number of hydrogen-bond acceptors (Lipinski definition) is 2. The Morgan fingerprint density at radius 1 is 1.55 bits per heavy atom. The molecule has 0 saturated carbocycles. The minimum absolute atomic E-state index is 0.183. The smallest absolute Gasteiger partial charge is 0.130 e. The summed E-state index contributed by atoms with van der Waals surface area (Å²) in [5, 5.41) is 8.48. The van der Waals surface area contributed by atoms with Gasteiger partial charge < -0.3 is 4.79 Å². The van der Waals surface area contributed by atoms with Gasteiger partial charge in [-0.2, -0.15) is 5.26 Å². The van der Waals surface area contributed by atoms with Crippen LogP contribution in [0, 0.1) is 17.2 Å². The van der Waals surface area contributed by atoms with E-state index in [1.54, 1.807) is 30.4 Å². The predicted molar refractivity (Wildman–Crippen MR) is 41.5 cm³/mol. The van der Waals surface area contributed by atoms with Crippen molar-refractivity contribution in [3.05, 3.63) is 36.0 Å². The summed E-state index contributed by atoms with van der Waals surface area (Å²) >= 11 is 0. The molecule has 0 saturated heterocycles. The lowest BCUT2D eigenvalue weighted by Crippen LogP contribution is -1.90. The fourth-order valence-corrected chi connectivity index (χ4v) is 0.787. The lowest BCUT2D eigenvalue weighted by molar-refractivity contribution is -0.108. The molecule has 0 fully saturated rings. The molecule has 1 aliphatic rings. The molecule has 0 aromatic heterocycles. The standard InChI is InChI=1S/C9H7NO/c10-6-8-2-1-3-9(7-11)5-4-8/h1-5,7,9H. The Hall–Kier alpha value is -1.62. The summed E-state index contributed by atoms with van der Waals surface area (Å²) in [6.45, 7) is 0. The minimum atomic E-state index is -0.183. The van der Waals surface area contributed by atoms with Crippen molar-refractivity contribution in [2.24, 2.45) is 5.92 Å². The summed E-state index contributed by atoms with van der Waals surface area (Å²) in [4.78, 5) is 10.3. The first-order chi connectivity index (χ1) is 5.36. The fraction of sp³-hybridized carbons (Fsp3) is 0.111. The third-order valence-electron chi connectivity index (χ3n) is 1.39. The highest BCUT2D eigenvalue weighted by atomic mass is 16.1. The molecule has 0 heterocycles. The Morgan fingerprint density at radius 2 is 2.36 bits per heavy atom. The van der Waals surface area contributed by atoms with Gasteiger partial charge in [0.2, 0.25) is 0 Å². The molecule has 0 amide bonds. The number of hydrogen-bond donors (Lipinski definition) is 0. The molecule has 1 rings (SSSR count). The SMILES string of the molecule is N#CC1=CC=CC(C=O)C=C1. The molecular formula is C9H7NO. The second-order valence-corrected chi connectivity index (χ2v) is 2.19. The van der Waals surface area contributed by atoms with Crippen molar-refractivity contribution in [1.29, 1.82) is 5.26 Å². The average Bonchev–Trinajstić information content (AvgIpc) is 2.28. The molecule has 1 aliphatic carbocycles. The van der Waals surface area contributed by atoms with Crippen LogP contribution in [0.3, 0.4) is 0 Å². The first-order valence-corrected chi connectivity index (χ1v) is 3.29. The van der Waals surface area contributed by atoms with Gasteiger partial charge in [0.15, 0.2) is 0 Å². The Bertz CT molecular complexity index is 278. The van der Waals surface area contributed by atoms with Crippen molar-refractivity contribution < 1.29 is 4.79 Å². The van der Waals surface area contributed by atoms with Crippen LogP contribution in [0.2, 0.25) is 0 Å². The van der Waals surface area contributed by atoms with Crippen LogP contribution in [-0.2, 0) is 4.79 Å². The van der Waals surface area contributed by atoms with Crippen LogP contribution in [0.1, 0.15) is 0 Å². The van der Waals surface area contributed by atoms with Gasteiger partial charge in [-0.15, -0.1) is 0 Å². The Kier molecular flexibility index (Phi) is 2.40. The molecule has 0 bridgehead atoms. The zero-order valence-electron chi connectivity index (χ0n) is 5.90. The van der Waals surface area contributed by atoms with Crippen LogP contribution in [-0.4, -0.2) is 6.29 Å². The maximum Gasteiger partial charge on any atom is 0.130 e. The van der Waals surface area contributed by atoms with E-state index in [-0.39, 0.29) is 5.92 Å². The highest BCUT2D eigenvalue weighted by Crippen LogP contribution is 2.06.